The van der Waals surface area contributed by atoms with Crippen LogP contribution in [0, 0.1) is 5.82 Å². The Kier molecular flexibility index (Phi) is 8.91. The summed E-state index contributed by atoms with van der Waals surface area (Å²) in [6, 6.07) is 16.2. The highest BCUT2D eigenvalue weighted by molar-refractivity contribution is 5.79. The molecule has 0 aliphatic rings. The molecule has 2 rings (SSSR count). The van der Waals surface area contributed by atoms with Gasteiger partial charge in [0.2, 0.25) is 0 Å². The SMILES string of the molecule is CCNC(=NCC(c1cccc(F)c1)N(C)C)NCCC(O)c1ccccc1. The zero-order chi connectivity index (χ0) is 20.4. The van der Waals surface area contributed by atoms with Gasteiger partial charge in [-0.25, -0.2) is 4.39 Å². The van der Waals surface area contributed by atoms with Gasteiger partial charge in [-0.05, 0) is 50.7 Å². The van der Waals surface area contributed by atoms with Gasteiger partial charge >= 0.3 is 0 Å². The first-order valence-corrected chi connectivity index (χ1v) is 9.68. The Morgan fingerprint density at radius 1 is 1.07 bits per heavy atom. The molecule has 3 N–H and O–H groups in total. The van der Waals surface area contributed by atoms with E-state index in [4.69, 9.17) is 0 Å². The number of aliphatic hydroxyl groups is 1. The van der Waals surface area contributed by atoms with Crippen LogP contribution in [0.5, 0.6) is 0 Å². The molecule has 152 valence electrons. The molecule has 0 spiro atoms. The Morgan fingerprint density at radius 2 is 1.79 bits per heavy atom. The molecule has 2 aromatic rings. The third-order valence-electron chi connectivity index (χ3n) is 4.52. The van der Waals surface area contributed by atoms with Crippen molar-refractivity contribution in [3.05, 3.63) is 71.5 Å². The first-order chi connectivity index (χ1) is 13.5. The van der Waals surface area contributed by atoms with Gasteiger partial charge in [0.25, 0.3) is 0 Å². The number of halogens is 1. The van der Waals surface area contributed by atoms with Crippen molar-refractivity contribution >= 4 is 5.96 Å². The predicted octanol–water partition coefficient (Wildman–Crippen LogP) is 3.11. The van der Waals surface area contributed by atoms with E-state index in [1.165, 1.54) is 6.07 Å². The van der Waals surface area contributed by atoms with E-state index in [1.807, 2.05) is 62.3 Å². The van der Waals surface area contributed by atoms with E-state index in [9.17, 15) is 9.50 Å². The molecule has 2 unspecified atom stereocenters. The Hall–Kier alpha value is -2.44. The summed E-state index contributed by atoms with van der Waals surface area (Å²) in [6.07, 6.45) is 0.0634. The molecular weight excluding hydrogens is 355 g/mol. The summed E-state index contributed by atoms with van der Waals surface area (Å²) >= 11 is 0. The van der Waals surface area contributed by atoms with Crippen LogP contribution in [-0.2, 0) is 0 Å². The average molecular weight is 387 g/mol. The maximum atomic E-state index is 13.6. The van der Waals surface area contributed by atoms with Gasteiger partial charge in [-0.3, -0.25) is 4.99 Å². The molecule has 0 aromatic heterocycles. The van der Waals surface area contributed by atoms with Crippen LogP contribution in [0.2, 0.25) is 0 Å². The zero-order valence-corrected chi connectivity index (χ0v) is 16.9. The maximum Gasteiger partial charge on any atom is 0.191 e. The Morgan fingerprint density at radius 3 is 2.43 bits per heavy atom. The molecule has 28 heavy (non-hydrogen) atoms. The molecule has 2 atom stereocenters. The molecule has 0 saturated carbocycles. The third kappa shape index (κ3) is 6.94. The smallest absolute Gasteiger partial charge is 0.191 e. The van der Waals surface area contributed by atoms with E-state index in [0.29, 0.717) is 25.5 Å². The van der Waals surface area contributed by atoms with Crippen LogP contribution in [-0.4, -0.2) is 49.7 Å². The number of aliphatic imine (C=N–C) groups is 1. The Bertz CT molecular complexity index is 736. The van der Waals surface area contributed by atoms with Crippen molar-refractivity contribution in [2.45, 2.75) is 25.5 Å². The van der Waals surface area contributed by atoms with E-state index in [1.54, 1.807) is 12.1 Å². The number of hydrogen-bond donors (Lipinski definition) is 3. The molecule has 0 aliphatic heterocycles. The van der Waals surface area contributed by atoms with Gasteiger partial charge < -0.3 is 20.6 Å². The molecular formula is C22H31FN4O. The maximum absolute atomic E-state index is 13.6. The number of aliphatic hydroxyl groups excluding tert-OH is 1. The lowest BCUT2D eigenvalue weighted by Crippen LogP contribution is -2.39. The van der Waals surface area contributed by atoms with Crippen molar-refractivity contribution in [1.82, 2.24) is 15.5 Å². The second kappa shape index (κ2) is 11.4. The lowest BCUT2D eigenvalue weighted by atomic mass is 10.1. The van der Waals surface area contributed by atoms with Gasteiger partial charge in [0, 0.05) is 13.1 Å². The Labute approximate surface area is 167 Å². The van der Waals surface area contributed by atoms with Gasteiger partial charge in [-0.1, -0.05) is 42.5 Å². The fourth-order valence-electron chi connectivity index (χ4n) is 2.97. The molecule has 6 heteroatoms. The van der Waals surface area contributed by atoms with Crippen LogP contribution in [0.1, 0.15) is 36.6 Å². The highest BCUT2D eigenvalue weighted by Crippen LogP contribution is 2.19. The average Bonchev–Trinajstić information content (AvgIpc) is 2.68. The second-order valence-corrected chi connectivity index (χ2v) is 6.90. The minimum Gasteiger partial charge on any atom is -0.388 e. The van der Waals surface area contributed by atoms with Crippen LogP contribution >= 0.6 is 0 Å². The van der Waals surface area contributed by atoms with Crippen molar-refractivity contribution < 1.29 is 9.50 Å². The van der Waals surface area contributed by atoms with Gasteiger partial charge in [-0.2, -0.15) is 0 Å². The van der Waals surface area contributed by atoms with E-state index in [-0.39, 0.29) is 11.9 Å². The van der Waals surface area contributed by atoms with E-state index in [2.05, 4.69) is 15.6 Å². The summed E-state index contributed by atoms with van der Waals surface area (Å²) in [4.78, 5) is 6.69. The fourth-order valence-corrected chi connectivity index (χ4v) is 2.97. The first kappa shape index (κ1) is 21.9. The van der Waals surface area contributed by atoms with Crippen molar-refractivity contribution in [3.8, 4) is 0 Å². The number of guanidine groups is 1. The first-order valence-electron chi connectivity index (χ1n) is 9.68. The van der Waals surface area contributed by atoms with Crippen LogP contribution in [0.25, 0.3) is 0 Å². The third-order valence-corrected chi connectivity index (χ3v) is 4.52. The lowest BCUT2D eigenvalue weighted by molar-refractivity contribution is 0.168. The quantitative estimate of drug-likeness (QED) is 0.458. The van der Waals surface area contributed by atoms with Crippen molar-refractivity contribution in [2.75, 3.05) is 33.7 Å². The summed E-state index contributed by atoms with van der Waals surface area (Å²) in [5, 5.41) is 16.8. The molecule has 5 nitrogen and oxygen atoms in total. The molecule has 0 radical (unpaired) electrons. The number of rotatable bonds is 9. The monoisotopic (exact) mass is 386 g/mol. The number of nitrogens with one attached hydrogen (secondary N) is 2. The van der Waals surface area contributed by atoms with E-state index < -0.39 is 6.10 Å². The minimum atomic E-state index is -0.515. The second-order valence-electron chi connectivity index (χ2n) is 6.90. The molecule has 0 bridgehead atoms. The highest BCUT2D eigenvalue weighted by Gasteiger charge is 2.15. The summed E-state index contributed by atoms with van der Waals surface area (Å²) in [6.45, 7) is 3.83. The summed E-state index contributed by atoms with van der Waals surface area (Å²) in [5.41, 5.74) is 1.80. The number of benzene rings is 2. The van der Waals surface area contributed by atoms with Crippen molar-refractivity contribution in [1.29, 1.82) is 0 Å². The van der Waals surface area contributed by atoms with Crippen LogP contribution < -0.4 is 10.6 Å². The van der Waals surface area contributed by atoms with Crippen molar-refractivity contribution in [2.24, 2.45) is 4.99 Å². The van der Waals surface area contributed by atoms with E-state index in [0.717, 1.165) is 17.7 Å². The highest BCUT2D eigenvalue weighted by atomic mass is 19.1. The van der Waals surface area contributed by atoms with Gasteiger partial charge in [0.05, 0.1) is 18.7 Å². The van der Waals surface area contributed by atoms with Gasteiger partial charge in [0.15, 0.2) is 5.96 Å². The van der Waals surface area contributed by atoms with Crippen LogP contribution in [0.3, 0.4) is 0 Å². The van der Waals surface area contributed by atoms with E-state index >= 15 is 0 Å². The van der Waals surface area contributed by atoms with Crippen LogP contribution in [0.15, 0.2) is 59.6 Å². The zero-order valence-electron chi connectivity index (χ0n) is 16.9. The predicted molar refractivity (Wildman–Crippen MR) is 113 cm³/mol. The minimum absolute atomic E-state index is 0.0268. The summed E-state index contributed by atoms with van der Waals surface area (Å²) in [7, 11) is 3.92. The Balaban J connectivity index is 1.96. The molecule has 2 aromatic carbocycles. The van der Waals surface area contributed by atoms with Crippen LogP contribution in [0.4, 0.5) is 4.39 Å². The molecule has 0 fully saturated rings. The topological polar surface area (TPSA) is 59.9 Å². The molecule has 0 heterocycles. The fraction of sp³-hybridized carbons (Fsp3) is 0.409. The van der Waals surface area contributed by atoms with Gasteiger partial charge in [0.1, 0.15) is 5.82 Å². The normalized spacial score (nSPS) is 14.0. The lowest BCUT2D eigenvalue weighted by Gasteiger charge is -2.24. The largest absolute Gasteiger partial charge is 0.388 e. The number of hydrogen-bond acceptors (Lipinski definition) is 3. The molecule has 0 saturated heterocycles. The standard InChI is InChI=1S/C22H31FN4O/c1-4-24-22(25-14-13-21(28)17-9-6-5-7-10-17)26-16-20(27(2)3)18-11-8-12-19(23)15-18/h5-12,15,20-21,28H,4,13-14,16H2,1-3H3,(H2,24,25,26). The molecule has 0 aliphatic carbocycles. The summed E-state index contributed by atoms with van der Waals surface area (Å²) in [5.74, 6) is 0.444. The molecule has 0 amide bonds. The summed E-state index contributed by atoms with van der Waals surface area (Å²) < 4.78 is 13.6. The van der Waals surface area contributed by atoms with Gasteiger partial charge in [-0.15, -0.1) is 0 Å². The van der Waals surface area contributed by atoms with Crippen molar-refractivity contribution in [3.63, 3.8) is 0 Å². The number of nitrogens with zero attached hydrogens (tertiary/aromatic N) is 2. The number of likely N-dealkylation sites (N-methyl/N-ethyl adjacent to an activating group) is 1.